The average Bonchev–Trinajstić information content (AvgIpc) is 0.715. The smallest absolute Gasteiger partial charge is 0.0620 e. The Morgan fingerprint density at radius 1 is 0.169 bits per heavy atom. The molecule has 738 valence electrons. The molecule has 0 atom stereocenters. The monoisotopic (exact) mass is 1880 g/mol. The highest BCUT2D eigenvalue weighted by atomic mass is 15.2. The fourth-order valence-corrected chi connectivity index (χ4v) is 33.6. The molecule has 0 aromatic heterocycles. The van der Waals surface area contributed by atoms with E-state index in [9.17, 15) is 0 Å². The van der Waals surface area contributed by atoms with Gasteiger partial charge in [0, 0.05) is 44.3 Å². The highest BCUT2D eigenvalue weighted by molar-refractivity contribution is 6.24. The Balaban J connectivity index is 0.871. The van der Waals surface area contributed by atoms with E-state index in [1.54, 1.807) is 22.3 Å². The van der Waals surface area contributed by atoms with Gasteiger partial charge < -0.3 is 9.80 Å². The molecule has 2 nitrogen and oxygen atoms in total. The molecule has 0 N–H and O–H groups in total. The van der Waals surface area contributed by atoms with Gasteiger partial charge in [-0.05, 0) is 479 Å². The minimum absolute atomic E-state index is 0.112. The number of hydrogen-bond donors (Lipinski definition) is 0. The van der Waals surface area contributed by atoms with Crippen LogP contribution in [0.15, 0.2) is 218 Å². The maximum atomic E-state index is 3.01. The summed E-state index contributed by atoms with van der Waals surface area (Å²) in [5, 5.41) is 5.14. The fraction of sp³-hybridized carbons (Fsp3) is 0.514. The largest absolute Gasteiger partial charge is 0.309 e. The van der Waals surface area contributed by atoms with Crippen LogP contribution >= 0.6 is 0 Å². The lowest BCUT2D eigenvalue weighted by atomic mass is 9.46. The van der Waals surface area contributed by atoms with Crippen molar-refractivity contribution in [3.63, 3.8) is 0 Å². The van der Waals surface area contributed by atoms with Gasteiger partial charge in [-0.2, -0.15) is 0 Å². The Hall–Kier alpha value is -9.24. The van der Waals surface area contributed by atoms with E-state index in [1.165, 1.54) is 310 Å². The van der Waals surface area contributed by atoms with Gasteiger partial charge in [0.15, 0.2) is 0 Å². The molecular weight excluding hydrogens is 1710 g/mol. The van der Waals surface area contributed by atoms with E-state index in [-0.39, 0.29) is 65.0 Å². The molecule has 0 unspecified atom stereocenters. The minimum Gasteiger partial charge on any atom is -0.309 e. The molecule has 16 fully saturated rings. The Morgan fingerprint density at radius 2 is 0.366 bits per heavy atom. The molecule has 16 aliphatic carbocycles. The van der Waals surface area contributed by atoms with Crippen LogP contribution in [0.1, 0.15) is 387 Å². The van der Waals surface area contributed by atoms with E-state index >= 15 is 0 Å². The quantitative estimate of drug-likeness (QED) is 0.0746. The van der Waals surface area contributed by atoms with Gasteiger partial charge in [0.2, 0.25) is 0 Å². The van der Waals surface area contributed by atoms with Gasteiger partial charge in [-0.1, -0.05) is 318 Å². The highest BCUT2D eigenvalue weighted by Crippen LogP contribution is 2.69. The molecule has 0 saturated heterocycles. The molecule has 12 aromatic rings. The predicted octanol–water partition coefficient (Wildman–Crippen LogP) is 39.5. The summed E-state index contributed by atoms with van der Waals surface area (Å²) in [7, 11) is 0. The van der Waals surface area contributed by atoms with Crippen molar-refractivity contribution in [1.29, 1.82) is 0 Å². The van der Waals surface area contributed by atoms with Crippen molar-refractivity contribution in [2.24, 2.45) is 71.0 Å². The number of anilines is 6. The SMILES string of the molecule is CC(C)(C)c1cc(-c2cc(-c3cc(C(C)(C)C)cc(C(C)(C)C)c3)cc(N(c3cc(C45CC6CC(CC(C6)C4)C5)cc(C45CC6CC(CC(C6)C4)C5)c3)c3c4ccccc4c(N(c4cc(-c5cc(C(C)(C)C)cc(C(C)(C)C)c5)cc(-c5cc(C(C)(C)C)cc(C(C)(C)C)c5)c4)c4cc(C56CC7CC(CC(C7)C5)C6)cc(C56CC7CC(CC(C7)C5)C6)c4)c4cc(-c5ccccc5)ccc34)c2)cc(C(C)(C)C)c1. The van der Waals surface area contributed by atoms with Gasteiger partial charge >= 0.3 is 0 Å². The Kier molecular flexibility index (Phi) is 22.2. The third-order valence-electron chi connectivity index (χ3n) is 39.8. The first kappa shape index (κ1) is 95.0. The maximum Gasteiger partial charge on any atom is 0.0620 e. The molecule has 2 heteroatoms. The molecule has 0 amide bonds. The summed E-state index contributed by atoms with van der Waals surface area (Å²) >= 11 is 0. The topological polar surface area (TPSA) is 6.48 Å². The Morgan fingerprint density at radius 3 is 0.592 bits per heavy atom. The zero-order valence-electron chi connectivity index (χ0n) is 91.6. The molecule has 16 saturated carbocycles. The van der Waals surface area contributed by atoms with Gasteiger partial charge in [0.1, 0.15) is 0 Å². The summed E-state index contributed by atoms with van der Waals surface area (Å²) in [5.74, 6) is 9.45. The van der Waals surface area contributed by atoms with Crippen LogP contribution < -0.4 is 9.80 Å². The lowest BCUT2D eigenvalue weighted by molar-refractivity contribution is -0.00856. The maximum absolute atomic E-state index is 3.01. The van der Waals surface area contributed by atoms with E-state index in [1.807, 2.05) is 0 Å². The summed E-state index contributed by atoms with van der Waals surface area (Å²) in [5.41, 5.74) is 37.6. The molecular formula is C140H168N2. The molecule has 16 bridgehead atoms. The summed E-state index contributed by atoms with van der Waals surface area (Å²) in [4.78, 5) is 6.01. The van der Waals surface area contributed by atoms with Crippen LogP contribution in [-0.4, -0.2) is 0 Å². The molecule has 16 aliphatic rings. The molecule has 12 aromatic carbocycles. The van der Waals surface area contributed by atoms with E-state index in [2.05, 4.69) is 394 Å². The third kappa shape index (κ3) is 17.1. The van der Waals surface area contributed by atoms with Crippen molar-refractivity contribution in [2.45, 2.75) is 385 Å². The Bertz CT molecular complexity index is 6420. The second-order valence-corrected chi connectivity index (χ2v) is 59.1. The first-order valence-corrected chi connectivity index (χ1v) is 56.9. The zero-order valence-corrected chi connectivity index (χ0v) is 91.6. The van der Waals surface area contributed by atoms with Gasteiger partial charge in [-0.15, -0.1) is 0 Å². The number of hydrogen-bond acceptors (Lipinski definition) is 2. The van der Waals surface area contributed by atoms with Crippen LogP contribution in [0, 0.1) is 71.0 Å². The van der Waals surface area contributed by atoms with E-state index < -0.39 is 0 Å². The predicted molar refractivity (Wildman–Crippen MR) is 607 cm³/mol. The second-order valence-electron chi connectivity index (χ2n) is 59.1. The normalized spacial score (nSPS) is 28.1. The van der Waals surface area contributed by atoms with Crippen molar-refractivity contribution in [1.82, 2.24) is 0 Å². The van der Waals surface area contributed by atoms with Crippen molar-refractivity contribution in [2.75, 3.05) is 9.80 Å². The fourth-order valence-electron chi connectivity index (χ4n) is 33.6. The molecule has 0 aliphatic heterocycles. The van der Waals surface area contributed by atoms with Gasteiger partial charge in [-0.25, -0.2) is 0 Å². The van der Waals surface area contributed by atoms with Crippen LogP contribution in [0.25, 0.3) is 77.2 Å². The lowest BCUT2D eigenvalue weighted by Gasteiger charge is -2.59. The number of fused-ring (bicyclic) bond motifs is 2. The minimum atomic E-state index is -0.115. The van der Waals surface area contributed by atoms with Crippen LogP contribution in [0.3, 0.4) is 0 Å². The van der Waals surface area contributed by atoms with Crippen LogP contribution in [0.2, 0.25) is 0 Å². The zero-order chi connectivity index (χ0) is 99.0. The highest BCUT2D eigenvalue weighted by Gasteiger charge is 2.58. The van der Waals surface area contributed by atoms with Crippen molar-refractivity contribution in [3.05, 3.63) is 285 Å². The first-order chi connectivity index (χ1) is 66.9. The van der Waals surface area contributed by atoms with Crippen molar-refractivity contribution < 1.29 is 0 Å². The second kappa shape index (κ2) is 33.1. The molecule has 142 heavy (non-hydrogen) atoms. The molecule has 0 heterocycles. The third-order valence-corrected chi connectivity index (χ3v) is 39.8. The molecule has 0 radical (unpaired) electrons. The Labute approximate surface area is 856 Å². The van der Waals surface area contributed by atoms with Gasteiger partial charge in [0.25, 0.3) is 0 Å². The summed E-state index contributed by atoms with van der Waals surface area (Å²) in [6, 6.07) is 94.7. The summed E-state index contributed by atoms with van der Waals surface area (Å²) in [6.45, 7) is 58.6. The lowest BCUT2D eigenvalue weighted by Crippen LogP contribution is -2.50. The van der Waals surface area contributed by atoms with Crippen LogP contribution in [0.4, 0.5) is 34.1 Å². The number of benzene rings is 12. The summed E-state index contributed by atoms with van der Waals surface area (Å²) in [6.07, 6.45) is 32.8. The number of rotatable bonds is 15. The molecule has 0 spiro atoms. The van der Waals surface area contributed by atoms with Crippen molar-refractivity contribution in [3.8, 4) is 55.6 Å². The summed E-state index contributed by atoms with van der Waals surface area (Å²) < 4.78 is 0. The standard InChI is InChI=1S/C140H168N2/c1-129(2,3)107-50-103(51-108(63-107)130(4,5)6)99-48-100(104-52-109(131(7,8)9)64-110(53-104)132(10,11)12)59-119(58-99)141(121-69-115(137-73-85-36-86(74-137)38-87(37-85)75-137)67-116(70-121)138-76-88-39-89(77-138)41-90(40-88)78-138)127-123-32-28-29-33-124(123)128(126-62-98(34-35-125(126)127)97-30-26-25-27-31-97)142(122-71-117(139-79-91-42-92(80-139)44-93(43-91)81-139)68-118(72-122)140-82-94-45-95(83-140)47-96(46-94)84-140)120-60-101(105-54-111(133(13,14)15)65-112(55-105)134(16,17)18)49-102(61-120)106-56-113(135(19,20)21)66-114(57-106)136(22,23)24/h25-35,48-72,85-96H,36-47,73-84H2,1-24H3. The van der Waals surface area contributed by atoms with Crippen LogP contribution in [0.5, 0.6) is 0 Å². The van der Waals surface area contributed by atoms with E-state index in [0.29, 0.717) is 0 Å². The molecule has 28 rings (SSSR count). The van der Waals surface area contributed by atoms with Gasteiger partial charge in [-0.3, -0.25) is 0 Å². The van der Waals surface area contributed by atoms with Crippen LogP contribution in [-0.2, 0) is 65.0 Å². The van der Waals surface area contributed by atoms with E-state index in [4.69, 9.17) is 0 Å². The van der Waals surface area contributed by atoms with Gasteiger partial charge in [0.05, 0.1) is 11.4 Å². The first-order valence-electron chi connectivity index (χ1n) is 56.9. The van der Waals surface area contributed by atoms with E-state index in [0.717, 1.165) is 71.0 Å². The average molecular weight is 1880 g/mol. The van der Waals surface area contributed by atoms with Crippen molar-refractivity contribution >= 4 is 55.7 Å². The number of nitrogens with zero attached hydrogens (tertiary/aromatic N) is 2.